The average molecular weight is 375 g/mol. The molecular formula is C20H26N2O3S. The lowest BCUT2D eigenvalue weighted by molar-refractivity contribution is 0.0938. The molecule has 0 unspecified atom stereocenters. The number of carbonyl (C=O) groups excluding carboxylic acids is 2. The summed E-state index contributed by atoms with van der Waals surface area (Å²) in [7, 11) is 1.65. The fraction of sp³-hybridized carbons (Fsp3) is 0.400. The molecule has 0 aliphatic heterocycles. The van der Waals surface area contributed by atoms with Crippen LogP contribution in [0.5, 0.6) is 5.75 Å². The molecule has 1 aromatic carbocycles. The van der Waals surface area contributed by atoms with Gasteiger partial charge in [0.1, 0.15) is 5.75 Å². The van der Waals surface area contributed by atoms with Gasteiger partial charge in [0.05, 0.1) is 22.9 Å². The fourth-order valence-electron chi connectivity index (χ4n) is 2.90. The molecule has 0 spiro atoms. The van der Waals surface area contributed by atoms with E-state index in [-0.39, 0.29) is 17.7 Å². The monoisotopic (exact) mass is 374 g/mol. The van der Waals surface area contributed by atoms with E-state index in [0.29, 0.717) is 16.3 Å². The smallest absolute Gasteiger partial charge is 0.261 e. The molecule has 140 valence electrons. The van der Waals surface area contributed by atoms with Gasteiger partial charge >= 0.3 is 0 Å². The molecule has 26 heavy (non-hydrogen) atoms. The molecule has 5 nitrogen and oxygen atoms in total. The van der Waals surface area contributed by atoms with Crippen molar-refractivity contribution in [2.45, 2.75) is 26.8 Å². The van der Waals surface area contributed by atoms with E-state index in [1.807, 2.05) is 18.2 Å². The molecule has 2 aromatic rings. The highest BCUT2D eigenvalue weighted by molar-refractivity contribution is 7.15. The number of ketones is 1. The number of amides is 1. The number of Topliss-reactive ketones (excluding diaryl/α,β-unsaturated/α-hetero) is 1. The van der Waals surface area contributed by atoms with Gasteiger partial charge in [-0.05, 0) is 49.8 Å². The van der Waals surface area contributed by atoms with Crippen molar-refractivity contribution in [2.24, 2.45) is 0 Å². The molecule has 1 heterocycles. The molecule has 1 N–H and O–H groups in total. The number of likely N-dealkylation sites (N-methyl/N-ethyl adjacent to an activating group) is 1. The first kappa shape index (κ1) is 20.1. The number of benzene rings is 1. The molecule has 1 amide bonds. The van der Waals surface area contributed by atoms with Gasteiger partial charge < -0.3 is 10.1 Å². The van der Waals surface area contributed by atoms with Crippen molar-refractivity contribution in [2.75, 3.05) is 26.7 Å². The molecule has 0 fully saturated rings. The summed E-state index contributed by atoms with van der Waals surface area (Å²) >= 11 is 1.23. The highest BCUT2D eigenvalue weighted by atomic mass is 32.1. The van der Waals surface area contributed by atoms with Gasteiger partial charge in [-0.1, -0.05) is 26.0 Å². The SMILES string of the molecule is CCN(CC)[C@H](CNC(=O)c1ccc(C(C)=O)s1)c1cccc(OC)c1. The van der Waals surface area contributed by atoms with Crippen LogP contribution in [0.2, 0.25) is 0 Å². The van der Waals surface area contributed by atoms with Crippen molar-refractivity contribution < 1.29 is 14.3 Å². The second kappa shape index (κ2) is 9.50. The Bertz CT molecular complexity index is 753. The topological polar surface area (TPSA) is 58.6 Å². The first-order valence-electron chi connectivity index (χ1n) is 8.77. The molecular weight excluding hydrogens is 348 g/mol. The van der Waals surface area contributed by atoms with Crippen molar-refractivity contribution in [3.63, 3.8) is 0 Å². The van der Waals surface area contributed by atoms with Gasteiger partial charge in [0.25, 0.3) is 5.91 Å². The first-order chi connectivity index (χ1) is 12.5. The fourth-order valence-corrected chi connectivity index (χ4v) is 3.71. The largest absolute Gasteiger partial charge is 0.497 e. The van der Waals surface area contributed by atoms with E-state index >= 15 is 0 Å². The van der Waals surface area contributed by atoms with Gasteiger partial charge in [-0.3, -0.25) is 14.5 Å². The van der Waals surface area contributed by atoms with Gasteiger partial charge in [-0.15, -0.1) is 11.3 Å². The Balaban J connectivity index is 2.15. The second-order valence-corrected chi connectivity index (χ2v) is 7.03. The lowest BCUT2D eigenvalue weighted by atomic mass is 10.0. The van der Waals surface area contributed by atoms with Crippen LogP contribution in [0.3, 0.4) is 0 Å². The molecule has 0 bridgehead atoms. The molecule has 0 radical (unpaired) electrons. The predicted octanol–water partition coefficient (Wildman–Crippen LogP) is 3.77. The Kier molecular flexibility index (Phi) is 7.36. The second-order valence-electron chi connectivity index (χ2n) is 5.94. The Morgan fingerprint density at radius 3 is 2.42 bits per heavy atom. The van der Waals surface area contributed by atoms with E-state index in [9.17, 15) is 9.59 Å². The number of ether oxygens (including phenoxy) is 1. The third-order valence-corrected chi connectivity index (χ3v) is 5.55. The molecule has 0 saturated heterocycles. The van der Waals surface area contributed by atoms with Crippen molar-refractivity contribution in [3.8, 4) is 5.75 Å². The maximum absolute atomic E-state index is 12.5. The van der Waals surface area contributed by atoms with Gasteiger partial charge in [-0.25, -0.2) is 0 Å². The highest BCUT2D eigenvalue weighted by Gasteiger charge is 2.20. The third kappa shape index (κ3) is 4.93. The quantitative estimate of drug-likeness (QED) is 0.679. The minimum absolute atomic E-state index is 0.0218. The molecule has 1 aromatic heterocycles. The summed E-state index contributed by atoms with van der Waals surface area (Å²) in [6.45, 7) is 7.96. The molecule has 0 aliphatic rings. The van der Waals surface area contributed by atoms with E-state index in [1.54, 1.807) is 19.2 Å². The number of thiophene rings is 1. The van der Waals surface area contributed by atoms with Gasteiger partial charge in [0, 0.05) is 6.54 Å². The van der Waals surface area contributed by atoms with Crippen molar-refractivity contribution in [3.05, 3.63) is 51.7 Å². The number of nitrogens with zero attached hydrogens (tertiary/aromatic N) is 1. The first-order valence-corrected chi connectivity index (χ1v) is 9.58. The normalized spacial score (nSPS) is 12.0. The Labute approximate surface area is 159 Å². The molecule has 0 aliphatic carbocycles. The number of hydrogen-bond donors (Lipinski definition) is 1. The van der Waals surface area contributed by atoms with Crippen LogP contribution < -0.4 is 10.1 Å². The van der Waals surface area contributed by atoms with E-state index < -0.39 is 0 Å². The van der Waals surface area contributed by atoms with Crippen LogP contribution in [-0.4, -0.2) is 43.3 Å². The van der Waals surface area contributed by atoms with E-state index in [0.717, 1.165) is 24.4 Å². The van der Waals surface area contributed by atoms with Crippen LogP contribution in [0.1, 0.15) is 51.7 Å². The molecule has 0 saturated carbocycles. The van der Waals surface area contributed by atoms with Gasteiger partial charge in [0.15, 0.2) is 5.78 Å². The average Bonchev–Trinajstić information content (AvgIpc) is 3.15. The zero-order chi connectivity index (χ0) is 19.1. The number of rotatable bonds is 9. The van der Waals surface area contributed by atoms with E-state index in [2.05, 4.69) is 30.1 Å². The minimum Gasteiger partial charge on any atom is -0.497 e. The van der Waals surface area contributed by atoms with Crippen LogP contribution >= 0.6 is 11.3 Å². The maximum Gasteiger partial charge on any atom is 0.261 e. The standard InChI is InChI=1S/C20H26N2O3S/c1-5-22(6-2)17(15-8-7-9-16(12-15)25-4)13-21-20(24)19-11-10-18(26-19)14(3)23/h7-12,17H,5-6,13H2,1-4H3,(H,21,24)/t17-/m1/s1. The lowest BCUT2D eigenvalue weighted by Gasteiger charge is -2.30. The maximum atomic E-state index is 12.5. The lowest BCUT2D eigenvalue weighted by Crippen LogP contribution is -2.37. The minimum atomic E-state index is -0.150. The van der Waals surface area contributed by atoms with Crippen molar-refractivity contribution >= 4 is 23.0 Å². The summed E-state index contributed by atoms with van der Waals surface area (Å²) in [5.74, 6) is 0.629. The molecule has 6 heteroatoms. The molecule has 1 atom stereocenters. The summed E-state index contributed by atoms with van der Waals surface area (Å²) in [6.07, 6.45) is 0. The van der Waals surface area contributed by atoms with Gasteiger partial charge in [-0.2, -0.15) is 0 Å². The Morgan fingerprint density at radius 1 is 1.15 bits per heavy atom. The Hall–Kier alpha value is -2.18. The van der Waals surface area contributed by atoms with Gasteiger partial charge in [0.2, 0.25) is 0 Å². The van der Waals surface area contributed by atoms with Crippen LogP contribution in [0, 0.1) is 0 Å². The third-order valence-electron chi connectivity index (χ3n) is 4.36. The van der Waals surface area contributed by atoms with Crippen molar-refractivity contribution in [1.29, 1.82) is 0 Å². The predicted molar refractivity (Wildman–Crippen MR) is 105 cm³/mol. The van der Waals surface area contributed by atoms with Crippen LogP contribution in [0.4, 0.5) is 0 Å². The number of nitrogens with one attached hydrogen (secondary N) is 1. The van der Waals surface area contributed by atoms with Crippen LogP contribution in [-0.2, 0) is 0 Å². The highest BCUT2D eigenvalue weighted by Crippen LogP contribution is 2.24. The summed E-state index contributed by atoms with van der Waals surface area (Å²) in [6, 6.07) is 11.4. The van der Waals surface area contributed by atoms with Crippen LogP contribution in [0.15, 0.2) is 36.4 Å². The Morgan fingerprint density at radius 2 is 1.85 bits per heavy atom. The summed E-state index contributed by atoms with van der Waals surface area (Å²) < 4.78 is 5.34. The van der Waals surface area contributed by atoms with Crippen LogP contribution in [0.25, 0.3) is 0 Å². The zero-order valence-corrected chi connectivity index (χ0v) is 16.6. The summed E-state index contributed by atoms with van der Waals surface area (Å²) in [4.78, 5) is 27.4. The zero-order valence-electron chi connectivity index (χ0n) is 15.7. The van der Waals surface area contributed by atoms with E-state index in [1.165, 1.54) is 18.3 Å². The number of methoxy groups -OCH3 is 1. The number of carbonyl (C=O) groups is 2. The van der Waals surface area contributed by atoms with Crippen molar-refractivity contribution in [1.82, 2.24) is 10.2 Å². The molecule has 2 rings (SSSR count). The number of hydrogen-bond acceptors (Lipinski definition) is 5. The van der Waals surface area contributed by atoms with E-state index in [4.69, 9.17) is 4.74 Å². The summed E-state index contributed by atoms with van der Waals surface area (Å²) in [5.41, 5.74) is 1.10. The summed E-state index contributed by atoms with van der Waals surface area (Å²) in [5, 5.41) is 3.01.